The van der Waals surface area contributed by atoms with Gasteiger partial charge < -0.3 is 15.4 Å². The molecule has 0 radical (unpaired) electrons. The van der Waals surface area contributed by atoms with Crippen molar-refractivity contribution < 1.29 is 9.53 Å². The lowest BCUT2D eigenvalue weighted by atomic mass is 10.2. The van der Waals surface area contributed by atoms with Crippen LogP contribution in [0.5, 0.6) is 0 Å². The van der Waals surface area contributed by atoms with Gasteiger partial charge >= 0.3 is 6.09 Å². The molecule has 1 heterocycles. The second-order valence-electron chi connectivity index (χ2n) is 5.30. The highest BCUT2D eigenvalue weighted by Gasteiger charge is 2.15. The molecule has 1 aromatic heterocycles. The van der Waals surface area contributed by atoms with Gasteiger partial charge in [0.25, 0.3) is 5.56 Å². The van der Waals surface area contributed by atoms with E-state index in [9.17, 15) is 9.59 Å². The van der Waals surface area contributed by atoms with Gasteiger partial charge in [-0.1, -0.05) is 5.92 Å². The highest BCUT2D eigenvalue weighted by atomic mass is 16.6. The van der Waals surface area contributed by atoms with Crippen molar-refractivity contribution in [1.29, 1.82) is 0 Å². The highest BCUT2D eigenvalue weighted by Crippen LogP contribution is 2.06. The molecule has 0 aliphatic rings. The van der Waals surface area contributed by atoms with E-state index in [1.807, 2.05) is 0 Å². The predicted molar refractivity (Wildman–Crippen MR) is 80.1 cm³/mol. The van der Waals surface area contributed by atoms with E-state index in [0.717, 1.165) is 0 Å². The quantitative estimate of drug-likeness (QED) is 0.620. The number of nitrogens with zero attached hydrogens (tertiary/aromatic N) is 2. The van der Waals surface area contributed by atoms with Gasteiger partial charge in [-0.15, -0.1) is 6.42 Å². The SMILES string of the molecule is C#CCn1ncc(NCCNC(=O)OC(C)(C)C)cc1=O. The predicted octanol–water partition coefficient (Wildman–Crippen LogP) is 0.813. The highest BCUT2D eigenvalue weighted by molar-refractivity contribution is 5.67. The van der Waals surface area contributed by atoms with Crippen LogP contribution in [-0.2, 0) is 11.3 Å². The monoisotopic (exact) mass is 292 g/mol. The third kappa shape index (κ3) is 6.47. The Morgan fingerprint density at radius 3 is 2.76 bits per heavy atom. The van der Waals surface area contributed by atoms with E-state index < -0.39 is 11.7 Å². The zero-order valence-electron chi connectivity index (χ0n) is 12.5. The normalized spacial score (nSPS) is 10.6. The molecule has 2 N–H and O–H groups in total. The molecule has 1 aromatic rings. The lowest BCUT2D eigenvalue weighted by Gasteiger charge is -2.19. The van der Waals surface area contributed by atoms with E-state index in [-0.39, 0.29) is 12.1 Å². The molecule has 1 amide bonds. The maximum absolute atomic E-state index is 11.6. The lowest BCUT2D eigenvalue weighted by molar-refractivity contribution is 0.0530. The van der Waals surface area contributed by atoms with Crippen molar-refractivity contribution in [1.82, 2.24) is 15.1 Å². The van der Waals surface area contributed by atoms with Gasteiger partial charge in [-0.2, -0.15) is 5.10 Å². The molecule has 0 aliphatic carbocycles. The van der Waals surface area contributed by atoms with Crippen LogP contribution in [0.2, 0.25) is 0 Å². The molecule has 114 valence electrons. The van der Waals surface area contributed by atoms with Crippen LogP contribution < -0.4 is 16.2 Å². The maximum atomic E-state index is 11.6. The number of terminal acetylenes is 1. The van der Waals surface area contributed by atoms with Crippen molar-refractivity contribution >= 4 is 11.8 Å². The first-order valence-electron chi connectivity index (χ1n) is 6.53. The summed E-state index contributed by atoms with van der Waals surface area (Å²) in [5.74, 6) is 2.35. The first-order valence-corrected chi connectivity index (χ1v) is 6.53. The van der Waals surface area contributed by atoms with Crippen LogP contribution in [0.15, 0.2) is 17.1 Å². The molecule has 0 spiro atoms. The maximum Gasteiger partial charge on any atom is 0.407 e. The van der Waals surface area contributed by atoms with Crippen molar-refractivity contribution in [3.63, 3.8) is 0 Å². The summed E-state index contributed by atoms with van der Waals surface area (Å²) in [5.41, 5.74) is -0.236. The van der Waals surface area contributed by atoms with Gasteiger partial charge in [-0.3, -0.25) is 4.79 Å². The minimum absolute atomic E-state index is 0.138. The van der Waals surface area contributed by atoms with Crippen molar-refractivity contribution in [3.05, 3.63) is 22.6 Å². The average molecular weight is 292 g/mol. The number of ether oxygens (including phenoxy) is 1. The van der Waals surface area contributed by atoms with Crippen molar-refractivity contribution in [2.45, 2.75) is 32.9 Å². The van der Waals surface area contributed by atoms with Crippen molar-refractivity contribution in [2.24, 2.45) is 0 Å². The molecule has 0 atom stereocenters. The zero-order chi connectivity index (χ0) is 15.9. The van der Waals surface area contributed by atoms with Gasteiger partial charge in [-0.25, -0.2) is 9.48 Å². The Hall–Kier alpha value is -2.49. The Kier molecular flexibility index (Phi) is 5.79. The molecule has 0 saturated heterocycles. The number of carbonyl (C=O) groups excluding carboxylic acids is 1. The second kappa shape index (κ2) is 7.33. The third-order valence-corrected chi connectivity index (χ3v) is 2.23. The minimum Gasteiger partial charge on any atom is -0.444 e. The van der Waals surface area contributed by atoms with E-state index >= 15 is 0 Å². The smallest absolute Gasteiger partial charge is 0.407 e. The number of carbonyl (C=O) groups is 1. The summed E-state index contributed by atoms with van der Waals surface area (Å²) in [5, 5.41) is 9.49. The Morgan fingerprint density at radius 1 is 1.48 bits per heavy atom. The number of nitrogens with one attached hydrogen (secondary N) is 2. The lowest BCUT2D eigenvalue weighted by Crippen LogP contribution is -2.35. The third-order valence-electron chi connectivity index (χ3n) is 2.23. The van der Waals surface area contributed by atoms with Gasteiger partial charge in [-0.05, 0) is 20.8 Å². The molecular formula is C14H20N4O3. The van der Waals surface area contributed by atoms with E-state index in [4.69, 9.17) is 11.2 Å². The summed E-state index contributed by atoms with van der Waals surface area (Å²) in [6, 6.07) is 1.40. The molecule has 0 fully saturated rings. The van der Waals surface area contributed by atoms with Gasteiger partial charge in [0.15, 0.2) is 0 Å². The van der Waals surface area contributed by atoms with E-state index in [1.54, 1.807) is 20.8 Å². The fourth-order valence-electron chi connectivity index (χ4n) is 1.42. The van der Waals surface area contributed by atoms with Gasteiger partial charge in [0.2, 0.25) is 0 Å². The van der Waals surface area contributed by atoms with Gasteiger partial charge in [0.05, 0.1) is 11.9 Å². The zero-order valence-corrected chi connectivity index (χ0v) is 12.5. The van der Waals surface area contributed by atoms with E-state index in [1.165, 1.54) is 16.9 Å². The van der Waals surface area contributed by atoms with Gasteiger partial charge in [0.1, 0.15) is 12.1 Å². The molecule has 0 unspecified atom stereocenters. The molecule has 0 aliphatic heterocycles. The molecule has 0 aromatic carbocycles. The Labute approximate surface area is 123 Å². The Morgan fingerprint density at radius 2 is 2.19 bits per heavy atom. The fraction of sp³-hybridized carbons (Fsp3) is 0.500. The molecular weight excluding hydrogens is 272 g/mol. The van der Waals surface area contributed by atoms with Crippen LogP contribution >= 0.6 is 0 Å². The van der Waals surface area contributed by atoms with Crippen LogP contribution in [0.25, 0.3) is 0 Å². The number of aromatic nitrogens is 2. The molecule has 0 bridgehead atoms. The Bertz CT molecular complexity index is 581. The van der Waals surface area contributed by atoms with Crippen molar-refractivity contribution in [2.75, 3.05) is 18.4 Å². The number of amides is 1. The summed E-state index contributed by atoms with van der Waals surface area (Å²) in [7, 11) is 0. The minimum atomic E-state index is -0.525. The second-order valence-corrected chi connectivity index (χ2v) is 5.30. The topological polar surface area (TPSA) is 85.2 Å². The standard InChI is InChI=1S/C14H20N4O3/c1-5-8-18-12(19)9-11(10-17-18)15-6-7-16-13(20)21-14(2,3)4/h1,9-10,15H,6-8H2,2-4H3,(H,16,20). The summed E-state index contributed by atoms with van der Waals surface area (Å²) >= 11 is 0. The molecule has 0 saturated carbocycles. The largest absolute Gasteiger partial charge is 0.444 e. The number of alkyl carbamates (subject to hydrolysis) is 1. The van der Waals surface area contributed by atoms with E-state index in [0.29, 0.717) is 18.8 Å². The van der Waals surface area contributed by atoms with Gasteiger partial charge in [0, 0.05) is 19.2 Å². The molecule has 1 rings (SSSR count). The molecule has 7 nitrogen and oxygen atoms in total. The van der Waals surface area contributed by atoms with Crippen molar-refractivity contribution in [3.8, 4) is 12.3 Å². The van der Waals surface area contributed by atoms with Crippen LogP contribution in [0.1, 0.15) is 20.8 Å². The summed E-state index contributed by atoms with van der Waals surface area (Å²) in [4.78, 5) is 23.0. The first-order chi connectivity index (χ1) is 9.81. The first kappa shape index (κ1) is 16.6. The summed E-state index contributed by atoms with van der Waals surface area (Å²) in [6.45, 7) is 6.33. The van der Waals surface area contributed by atoms with Crippen LogP contribution in [-0.4, -0.2) is 34.6 Å². The van der Waals surface area contributed by atoms with E-state index in [2.05, 4.69) is 21.7 Å². The number of rotatable bonds is 5. The Balaban J connectivity index is 2.37. The summed E-state index contributed by atoms with van der Waals surface area (Å²) in [6.07, 6.45) is 6.15. The number of hydrogen-bond acceptors (Lipinski definition) is 5. The fourth-order valence-corrected chi connectivity index (χ4v) is 1.42. The number of anilines is 1. The van der Waals surface area contributed by atoms with Crippen LogP contribution in [0.3, 0.4) is 0 Å². The number of hydrogen-bond donors (Lipinski definition) is 2. The molecule has 21 heavy (non-hydrogen) atoms. The summed E-state index contributed by atoms with van der Waals surface area (Å²) < 4.78 is 6.27. The van der Waals surface area contributed by atoms with Crippen LogP contribution in [0, 0.1) is 12.3 Å². The average Bonchev–Trinajstić information content (AvgIpc) is 2.36. The van der Waals surface area contributed by atoms with Crippen LogP contribution in [0.4, 0.5) is 10.5 Å². The molecule has 7 heteroatoms.